The molecule has 3 N–H and O–H groups in total. The number of hydrogen-bond donors (Lipinski definition) is 3. The van der Waals surface area contributed by atoms with Crippen LogP contribution in [0.2, 0.25) is 0 Å². The quantitative estimate of drug-likeness (QED) is 0.395. The van der Waals surface area contributed by atoms with E-state index in [9.17, 15) is 9.59 Å². The highest BCUT2D eigenvalue weighted by molar-refractivity contribution is 6.07. The Morgan fingerprint density at radius 2 is 1.87 bits per heavy atom. The van der Waals surface area contributed by atoms with Crippen molar-refractivity contribution in [3.8, 4) is 5.75 Å². The number of nitrogens with one attached hydrogen (secondary N) is 2. The van der Waals surface area contributed by atoms with Gasteiger partial charge in [0.2, 0.25) is 0 Å². The summed E-state index contributed by atoms with van der Waals surface area (Å²) in [5.41, 5.74) is 2.26. The molecule has 0 aliphatic heterocycles. The summed E-state index contributed by atoms with van der Waals surface area (Å²) < 4.78 is 7.22. The molecule has 0 spiro atoms. The molecule has 2 aromatic carbocycles. The topological polar surface area (TPSA) is 92.6 Å². The highest BCUT2D eigenvalue weighted by atomic mass is 16.5. The van der Waals surface area contributed by atoms with Crippen LogP contribution in [0.5, 0.6) is 5.75 Å². The predicted octanol–water partition coefficient (Wildman–Crippen LogP) is 2.46. The van der Waals surface area contributed by atoms with Gasteiger partial charge < -0.3 is 25.0 Å². The Labute approximate surface area is 175 Å². The fourth-order valence-electron chi connectivity index (χ4n) is 3.20. The number of aliphatic hydroxyl groups is 1. The van der Waals surface area contributed by atoms with Crippen LogP contribution in [0.4, 0.5) is 0 Å². The van der Waals surface area contributed by atoms with Crippen molar-refractivity contribution in [3.05, 3.63) is 71.6 Å². The van der Waals surface area contributed by atoms with Gasteiger partial charge in [0.05, 0.1) is 12.7 Å². The van der Waals surface area contributed by atoms with Crippen LogP contribution >= 0.6 is 0 Å². The zero-order chi connectivity index (χ0) is 21.5. The summed E-state index contributed by atoms with van der Waals surface area (Å²) in [6.45, 7) is 0.267. The molecule has 0 bridgehead atoms. The molecule has 7 nitrogen and oxygen atoms in total. The Morgan fingerprint density at radius 1 is 1.13 bits per heavy atom. The lowest BCUT2D eigenvalue weighted by Gasteiger charge is -2.12. The Morgan fingerprint density at radius 3 is 2.63 bits per heavy atom. The summed E-state index contributed by atoms with van der Waals surface area (Å²) in [5.74, 6) is -0.462. The van der Waals surface area contributed by atoms with Gasteiger partial charge in [-0.25, -0.2) is 0 Å². The molecule has 0 aliphatic carbocycles. The molecule has 0 radical (unpaired) electrons. The number of para-hydroxylation sites is 2. The lowest BCUT2D eigenvalue weighted by atomic mass is 10.1. The lowest BCUT2D eigenvalue weighted by molar-refractivity contribution is -0.117. The standard InChI is InChI=1S/C23H25N3O4/c1-26-15-16(17-8-3-5-10-20(17)26)14-19(23(29)24-12-7-13-27)25-22(28)18-9-4-6-11-21(18)30-2/h3-6,8-11,14-15,27H,7,12-13H2,1-2H3,(H,24,29)(H,25,28)/b19-14-. The minimum atomic E-state index is -0.448. The van der Waals surface area contributed by atoms with Crippen LogP contribution in [0.25, 0.3) is 17.0 Å². The van der Waals surface area contributed by atoms with Crippen molar-refractivity contribution in [2.24, 2.45) is 7.05 Å². The van der Waals surface area contributed by atoms with Crippen molar-refractivity contribution < 1.29 is 19.4 Å². The molecule has 2 amide bonds. The molecule has 0 saturated heterocycles. The second-order valence-corrected chi connectivity index (χ2v) is 6.76. The lowest BCUT2D eigenvalue weighted by Crippen LogP contribution is -2.35. The average Bonchev–Trinajstić information content (AvgIpc) is 3.08. The second kappa shape index (κ2) is 9.76. The average molecular weight is 407 g/mol. The van der Waals surface area contributed by atoms with Gasteiger partial charge in [-0.3, -0.25) is 9.59 Å². The number of ether oxygens (including phenoxy) is 1. The van der Waals surface area contributed by atoms with Crippen LogP contribution in [0.1, 0.15) is 22.3 Å². The molecule has 156 valence electrons. The fourth-order valence-corrected chi connectivity index (χ4v) is 3.20. The predicted molar refractivity (Wildman–Crippen MR) is 116 cm³/mol. The van der Waals surface area contributed by atoms with Crippen LogP contribution in [0.3, 0.4) is 0 Å². The van der Waals surface area contributed by atoms with E-state index in [0.717, 1.165) is 16.5 Å². The van der Waals surface area contributed by atoms with Crippen molar-refractivity contribution in [1.29, 1.82) is 0 Å². The van der Waals surface area contributed by atoms with Crippen LogP contribution in [0.15, 0.2) is 60.4 Å². The van der Waals surface area contributed by atoms with Crippen LogP contribution in [-0.4, -0.2) is 41.7 Å². The molecule has 0 saturated carbocycles. The number of benzene rings is 2. The number of nitrogens with zero attached hydrogens (tertiary/aromatic N) is 1. The van der Waals surface area contributed by atoms with E-state index in [1.807, 2.05) is 42.1 Å². The van der Waals surface area contributed by atoms with Crippen molar-refractivity contribution in [3.63, 3.8) is 0 Å². The normalized spacial score (nSPS) is 11.4. The highest BCUT2D eigenvalue weighted by Gasteiger charge is 2.18. The molecule has 1 heterocycles. The summed E-state index contributed by atoms with van der Waals surface area (Å²) in [5, 5.41) is 15.4. The van der Waals surface area contributed by atoms with Gasteiger partial charge in [0.15, 0.2) is 0 Å². The number of aliphatic hydroxyl groups excluding tert-OH is 1. The number of carbonyl (C=O) groups is 2. The number of carbonyl (C=O) groups excluding carboxylic acids is 2. The number of hydrogen-bond acceptors (Lipinski definition) is 4. The number of fused-ring (bicyclic) bond motifs is 1. The Hall–Kier alpha value is -3.58. The van der Waals surface area contributed by atoms with Gasteiger partial charge in [-0.05, 0) is 30.7 Å². The van der Waals surface area contributed by atoms with Crippen LogP contribution in [-0.2, 0) is 11.8 Å². The largest absolute Gasteiger partial charge is 0.496 e. The third-order valence-corrected chi connectivity index (χ3v) is 4.69. The molecule has 1 aromatic heterocycles. The molecular formula is C23H25N3O4. The minimum absolute atomic E-state index is 0.0315. The third-order valence-electron chi connectivity index (χ3n) is 4.69. The first-order valence-electron chi connectivity index (χ1n) is 9.64. The van der Waals surface area contributed by atoms with E-state index < -0.39 is 11.8 Å². The summed E-state index contributed by atoms with van der Waals surface area (Å²) in [7, 11) is 3.41. The summed E-state index contributed by atoms with van der Waals surface area (Å²) in [4.78, 5) is 25.6. The van der Waals surface area contributed by atoms with E-state index in [2.05, 4.69) is 10.6 Å². The minimum Gasteiger partial charge on any atom is -0.496 e. The first kappa shape index (κ1) is 21.1. The van der Waals surface area contributed by atoms with Crippen molar-refractivity contribution >= 4 is 28.8 Å². The maximum Gasteiger partial charge on any atom is 0.267 e. The number of aromatic nitrogens is 1. The van der Waals surface area contributed by atoms with E-state index in [0.29, 0.717) is 24.3 Å². The Kier molecular flexibility index (Phi) is 6.87. The first-order chi connectivity index (χ1) is 14.5. The molecule has 0 unspecified atom stereocenters. The van der Waals surface area contributed by atoms with Crippen molar-refractivity contribution in [2.75, 3.05) is 20.3 Å². The van der Waals surface area contributed by atoms with Crippen molar-refractivity contribution in [2.45, 2.75) is 6.42 Å². The molecular weight excluding hydrogens is 382 g/mol. The van der Waals surface area contributed by atoms with E-state index in [-0.39, 0.29) is 12.3 Å². The molecule has 3 aromatic rings. The van der Waals surface area contributed by atoms with Crippen LogP contribution in [0, 0.1) is 0 Å². The highest BCUT2D eigenvalue weighted by Crippen LogP contribution is 2.23. The fraction of sp³-hybridized carbons (Fsp3) is 0.217. The van der Waals surface area contributed by atoms with Gasteiger partial charge in [0.25, 0.3) is 11.8 Å². The van der Waals surface area contributed by atoms with E-state index in [1.54, 1.807) is 30.3 Å². The number of amides is 2. The van der Waals surface area contributed by atoms with E-state index >= 15 is 0 Å². The number of aryl methyl sites for hydroxylation is 1. The van der Waals surface area contributed by atoms with E-state index in [1.165, 1.54) is 7.11 Å². The van der Waals surface area contributed by atoms with Gasteiger partial charge in [0.1, 0.15) is 11.4 Å². The third kappa shape index (κ3) is 4.69. The number of rotatable bonds is 8. The smallest absolute Gasteiger partial charge is 0.267 e. The van der Waals surface area contributed by atoms with Gasteiger partial charge in [-0.1, -0.05) is 30.3 Å². The van der Waals surface area contributed by atoms with Crippen LogP contribution < -0.4 is 15.4 Å². The first-order valence-corrected chi connectivity index (χ1v) is 9.64. The SMILES string of the molecule is COc1ccccc1C(=O)N/C(=C\c1cn(C)c2ccccc12)C(=O)NCCCO. The monoisotopic (exact) mass is 407 g/mol. The van der Waals surface area contributed by atoms with Gasteiger partial charge in [-0.2, -0.15) is 0 Å². The molecule has 3 rings (SSSR count). The summed E-state index contributed by atoms with van der Waals surface area (Å²) >= 11 is 0. The number of methoxy groups -OCH3 is 1. The molecule has 0 atom stereocenters. The molecule has 0 fully saturated rings. The van der Waals surface area contributed by atoms with Crippen molar-refractivity contribution in [1.82, 2.24) is 15.2 Å². The Balaban J connectivity index is 1.96. The summed E-state index contributed by atoms with van der Waals surface area (Å²) in [6, 6.07) is 14.6. The zero-order valence-electron chi connectivity index (χ0n) is 17.0. The molecule has 30 heavy (non-hydrogen) atoms. The van der Waals surface area contributed by atoms with E-state index in [4.69, 9.17) is 9.84 Å². The van der Waals surface area contributed by atoms with Gasteiger partial charge >= 0.3 is 0 Å². The second-order valence-electron chi connectivity index (χ2n) is 6.76. The zero-order valence-corrected chi connectivity index (χ0v) is 17.0. The Bertz CT molecular complexity index is 1080. The molecule has 0 aliphatic rings. The van der Waals surface area contributed by atoms with Gasteiger partial charge in [0, 0.05) is 42.9 Å². The molecule has 7 heteroatoms. The maximum atomic E-state index is 12.9. The maximum absolute atomic E-state index is 12.9. The summed E-state index contributed by atoms with van der Waals surface area (Å²) in [6.07, 6.45) is 3.98. The van der Waals surface area contributed by atoms with Gasteiger partial charge in [-0.15, -0.1) is 0 Å².